The zero-order valence-electron chi connectivity index (χ0n) is 15.7. The minimum atomic E-state index is 0.0729. The van der Waals surface area contributed by atoms with Crippen LogP contribution in [0.2, 0.25) is 0 Å². The van der Waals surface area contributed by atoms with Crippen molar-refractivity contribution in [3.8, 4) is 0 Å². The second-order valence-electron chi connectivity index (χ2n) is 7.58. The summed E-state index contributed by atoms with van der Waals surface area (Å²) in [6.45, 7) is 11.7. The van der Waals surface area contributed by atoms with E-state index < -0.39 is 0 Å². The van der Waals surface area contributed by atoms with E-state index in [-0.39, 0.29) is 12.1 Å². The minimum Gasteiger partial charge on any atom is -0.379 e. The summed E-state index contributed by atoms with van der Waals surface area (Å²) in [7, 11) is 0. The van der Waals surface area contributed by atoms with Gasteiger partial charge in [0.05, 0.1) is 13.2 Å². The molecule has 138 valence electrons. The zero-order chi connectivity index (χ0) is 17.8. The molecule has 5 nitrogen and oxygen atoms in total. The third kappa shape index (κ3) is 4.53. The van der Waals surface area contributed by atoms with Crippen LogP contribution in [0, 0.1) is 12.8 Å². The Hall–Kier alpha value is -1.59. The highest BCUT2D eigenvalue weighted by molar-refractivity contribution is 5.75. The number of rotatable bonds is 4. The fraction of sp³-hybridized carbons (Fsp3) is 0.650. The standard InChI is InChI=1S/C20H31N3O2/c1-15-6-4-5-7-18(15)12-17(3)21-20(24)23-13-16(2)19(14-23)22-8-10-25-11-9-22/h4-7,16-17,19H,8-14H2,1-3H3,(H,21,24)/t16-,17-,19-/m0/s1. The molecule has 2 heterocycles. The number of nitrogens with one attached hydrogen (secondary N) is 1. The number of hydrogen-bond donors (Lipinski definition) is 1. The van der Waals surface area contributed by atoms with E-state index >= 15 is 0 Å². The van der Waals surface area contributed by atoms with Crippen LogP contribution in [0.1, 0.15) is 25.0 Å². The lowest BCUT2D eigenvalue weighted by atomic mass is 10.0. The van der Waals surface area contributed by atoms with Gasteiger partial charge in [-0.05, 0) is 37.3 Å². The number of carbonyl (C=O) groups is 1. The number of morpholine rings is 1. The van der Waals surface area contributed by atoms with Crippen LogP contribution >= 0.6 is 0 Å². The first-order chi connectivity index (χ1) is 12.0. The summed E-state index contributed by atoms with van der Waals surface area (Å²) in [4.78, 5) is 17.1. The van der Waals surface area contributed by atoms with Crippen LogP contribution in [0.3, 0.4) is 0 Å². The van der Waals surface area contributed by atoms with E-state index in [1.807, 2.05) is 4.90 Å². The zero-order valence-corrected chi connectivity index (χ0v) is 15.7. The van der Waals surface area contributed by atoms with E-state index in [1.54, 1.807) is 0 Å². The smallest absolute Gasteiger partial charge is 0.317 e. The number of urea groups is 1. The Morgan fingerprint density at radius 2 is 2.00 bits per heavy atom. The number of likely N-dealkylation sites (tertiary alicyclic amines) is 1. The monoisotopic (exact) mass is 345 g/mol. The molecule has 2 fully saturated rings. The van der Waals surface area contributed by atoms with Gasteiger partial charge in [0.2, 0.25) is 0 Å². The summed E-state index contributed by atoms with van der Waals surface area (Å²) in [5.41, 5.74) is 2.59. The third-order valence-corrected chi connectivity index (χ3v) is 5.53. The van der Waals surface area contributed by atoms with E-state index in [2.05, 4.69) is 55.3 Å². The molecule has 0 aliphatic carbocycles. The van der Waals surface area contributed by atoms with Crippen LogP contribution in [0.4, 0.5) is 4.79 Å². The van der Waals surface area contributed by atoms with Crippen molar-refractivity contribution in [2.75, 3.05) is 39.4 Å². The van der Waals surface area contributed by atoms with Gasteiger partial charge >= 0.3 is 6.03 Å². The molecule has 0 spiro atoms. The lowest BCUT2D eigenvalue weighted by Crippen LogP contribution is -2.48. The van der Waals surface area contributed by atoms with Gasteiger partial charge in [-0.3, -0.25) is 4.90 Å². The van der Waals surface area contributed by atoms with Gasteiger partial charge < -0.3 is 15.0 Å². The Morgan fingerprint density at radius 3 is 2.72 bits per heavy atom. The van der Waals surface area contributed by atoms with Crippen molar-refractivity contribution in [2.45, 2.75) is 39.3 Å². The van der Waals surface area contributed by atoms with Crippen molar-refractivity contribution in [2.24, 2.45) is 5.92 Å². The molecule has 1 N–H and O–H groups in total. The largest absolute Gasteiger partial charge is 0.379 e. The summed E-state index contributed by atoms with van der Waals surface area (Å²) in [5, 5.41) is 3.19. The van der Waals surface area contributed by atoms with E-state index in [0.29, 0.717) is 12.0 Å². The molecule has 25 heavy (non-hydrogen) atoms. The molecule has 5 heteroatoms. The molecule has 0 aromatic heterocycles. The van der Waals surface area contributed by atoms with Crippen molar-refractivity contribution in [3.05, 3.63) is 35.4 Å². The highest BCUT2D eigenvalue weighted by Gasteiger charge is 2.36. The number of nitrogens with zero attached hydrogens (tertiary/aromatic N) is 2. The van der Waals surface area contributed by atoms with E-state index in [9.17, 15) is 4.79 Å². The van der Waals surface area contributed by atoms with Crippen molar-refractivity contribution < 1.29 is 9.53 Å². The van der Waals surface area contributed by atoms with Crippen molar-refractivity contribution in [1.82, 2.24) is 15.1 Å². The molecule has 1 aromatic rings. The first kappa shape index (κ1) is 18.2. The molecule has 0 radical (unpaired) electrons. The number of carbonyl (C=O) groups excluding carboxylic acids is 1. The first-order valence-corrected chi connectivity index (χ1v) is 9.46. The third-order valence-electron chi connectivity index (χ3n) is 5.53. The van der Waals surface area contributed by atoms with Gasteiger partial charge in [0.25, 0.3) is 0 Å². The lowest BCUT2D eigenvalue weighted by Gasteiger charge is -2.34. The average molecular weight is 345 g/mol. The Labute approximate surface area is 151 Å². The molecule has 2 aliphatic rings. The number of amides is 2. The second-order valence-corrected chi connectivity index (χ2v) is 7.58. The molecular formula is C20H31N3O2. The van der Waals surface area contributed by atoms with Gasteiger partial charge in [-0.1, -0.05) is 31.2 Å². The highest BCUT2D eigenvalue weighted by atomic mass is 16.5. The maximum Gasteiger partial charge on any atom is 0.317 e. The molecule has 3 atom stereocenters. The fourth-order valence-electron chi connectivity index (χ4n) is 4.02. The molecule has 2 aliphatic heterocycles. The topological polar surface area (TPSA) is 44.8 Å². The van der Waals surface area contributed by atoms with Crippen molar-refractivity contribution in [1.29, 1.82) is 0 Å². The molecule has 0 unspecified atom stereocenters. The van der Waals surface area contributed by atoms with Gasteiger partial charge in [-0.2, -0.15) is 0 Å². The normalized spacial score (nSPS) is 25.8. The molecule has 1 aromatic carbocycles. The van der Waals surface area contributed by atoms with Crippen LogP contribution in [-0.2, 0) is 11.2 Å². The Bertz CT molecular complexity index is 586. The predicted octanol–water partition coefficient (Wildman–Crippen LogP) is 2.29. The van der Waals surface area contributed by atoms with Crippen LogP contribution in [0.25, 0.3) is 0 Å². The summed E-state index contributed by atoms with van der Waals surface area (Å²) in [6, 6.07) is 9.05. The fourth-order valence-corrected chi connectivity index (χ4v) is 4.02. The quantitative estimate of drug-likeness (QED) is 0.911. The summed E-state index contributed by atoms with van der Waals surface area (Å²) < 4.78 is 5.45. The van der Waals surface area contributed by atoms with Crippen LogP contribution in [0.15, 0.2) is 24.3 Å². The van der Waals surface area contributed by atoms with Crippen LogP contribution < -0.4 is 5.32 Å². The van der Waals surface area contributed by atoms with E-state index in [4.69, 9.17) is 4.74 Å². The summed E-state index contributed by atoms with van der Waals surface area (Å²) in [6.07, 6.45) is 0.870. The SMILES string of the molecule is Cc1ccccc1C[C@H](C)NC(=O)N1C[C@H](C)[C@@H](N2CCOCC2)C1. The van der Waals surface area contributed by atoms with Crippen LogP contribution in [-0.4, -0.2) is 67.3 Å². The molecule has 3 rings (SSSR count). The number of benzene rings is 1. The summed E-state index contributed by atoms with van der Waals surface area (Å²) in [5.74, 6) is 0.510. The second kappa shape index (κ2) is 8.19. The molecule has 0 saturated carbocycles. The average Bonchev–Trinajstić information content (AvgIpc) is 3.00. The van der Waals surface area contributed by atoms with Gasteiger partial charge in [0.1, 0.15) is 0 Å². The van der Waals surface area contributed by atoms with Gasteiger partial charge in [0.15, 0.2) is 0 Å². The highest BCUT2D eigenvalue weighted by Crippen LogP contribution is 2.23. The van der Waals surface area contributed by atoms with Crippen molar-refractivity contribution >= 4 is 6.03 Å². The number of aryl methyl sites for hydroxylation is 1. The Kier molecular flexibility index (Phi) is 5.97. The Balaban J connectivity index is 1.52. The molecule has 0 bridgehead atoms. The minimum absolute atomic E-state index is 0.0729. The van der Waals surface area contributed by atoms with Gasteiger partial charge in [-0.15, -0.1) is 0 Å². The van der Waals surface area contributed by atoms with Gasteiger partial charge in [0, 0.05) is 38.3 Å². The lowest BCUT2D eigenvalue weighted by molar-refractivity contribution is 0.0123. The van der Waals surface area contributed by atoms with Crippen LogP contribution in [0.5, 0.6) is 0 Å². The van der Waals surface area contributed by atoms with E-state index in [1.165, 1.54) is 11.1 Å². The number of ether oxygens (including phenoxy) is 1. The number of hydrogen-bond acceptors (Lipinski definition) is 3. The molecule has 2 saturated heterocycles. The van der Waals surface area contributed by atoms with Crippen molar-refractivity contribution in [3.63, 3.8) is 0 Å². The first-order valence-electron chi connectivity index (χ1n) is 9.46. The molecule has 2 amide bonds. The summed E-state index contributed by atoms with van der Waals surface area (Å²) >= 11 is 0. The maximum atomic E-state index is 12.7. The van der Waals surface area contributed by atoms with E-state index in [0.717, 1.165) is 45.8 Å². The predicted molar refractivity (Wildman–Crippen MR) is 99.8 cm³/mol. The maximum absolute atomic E-state index is 12.7. The van der Waals surface area contributed by atoms with Gasteiger partial charge in [-0.25, -0.2) is 4.79 Å². The Morgan fingerprint density at radius 1 is 1.28 bits per heavy atom. The molecular weight excluding hydrogens is 314 g/mol.